The Kier molecular flexibility index (Phi) is 5.28. The summed E-state index contributed by atoms with van der Waals surface area (Å²) in [4.78, 5) is 12.0. The Labute approximate surface area is 173 Å². The lowest BCUT2D eigenvalue weighted by molar-refractivity contribution is 0.466. The molecule has 2 heterocycles. The van der Waals surface area contributed by atoms with Crippen molar-refractivity contribution in [2.75, 3.05) is 0 Å². The first-order valence-corrected chi connectivity index (χ1v) is 10.5. The lowest BCUT2D eigenvalue weighted by Crippen LogP contribution is -2.02. The van der Waals surface area contributed by atoms with Gasteiger partial charge < -0.3 is 8.83 Å². The number of rotatable bonds is 5. The minimum atomic E-state index is -0.351. The van der Waals surface area contributed by atoms with E-state index in [9.17, 15) is 4.79 Å². The molecule has 0 aliphatic rings. The lowest BCUT2D eigenvalue weighted by Gasteiger charge is -2.12. The highest BCUT2D eigenvalue weighted by Crippen LogP contribution is 2.31. The van der Waals surface area contributed by atoms with Crippen molar-refractivity contribution in [2.45, 2.75) is 44.6 Å². The summed E-state index contributed by atoms with van der Waals surface area (Å²) in [6.07, 6.45) is 0. The first-order chi connectivity index (χ1) is 13.9. The molecule has 0 aliphatic heterocycles. The number of thioether (sulfide) groups is 1. The molecule has 0 radical (unpaired) electrons. The average Bonchev–Trinajstić information content (AvgIpc) is 3.14. The highest BCUT2D eigenvalue weighted by molar-refractivity contribution is 7.98. The molecular weight excluding hydrogens is 384 g/mol. The summed E-state index contributed by atoms with van der Waals surface area (Å²) in [6.45, 7) is 8.39. The molecule has 0 N–H and O–H groups in total. The highest BCUT2D eigenvalue weighted by atomic mass is 32.2. The fourth-order valence-electron chi connectivity index (χ4n) is 3.44. The van der Waals surface area contributed by atoms with E-state index in [1.54, 1.807) is 6.07 Å². The van der Waals surface area contributed by atoms with Crippen LogP contribution in [-0.2, 0) is 5.75 Å². The monoisotopic (exact) mass is 406 g/mol. The van der Waals surface area contributed by atoms with Crippen LogP contribution in [0.5, 0.6) is 0 Å². The molecule has 5 nitrogen and oxygen atoms in total. The predicted octanol–water partition coefficient (Wildman–Crippen LogP) is 5.88. The third-order valence-corrected chi connectivity index (χ3v) is 5.73. The molecule has 2 aromatic carbocycles. The van der Waals surface area contributed by atoms with Gasteiger partial charge in [-0.05, 0) is 60.7 Å². The molecule has 0 saturated carbocycles. The van der Waals surface area contributed by atoms with Crippen molar-refractivity contribution in [1.82, 2.24) is 10.2 Å². The second-order valence-corrected chi connectivity index (χ2v) is 8.41. The Bertz CT molecular complexity index is 1240. The maximum atomic E-state index is 12.0. The van der Waals surface area contributed by atoms with Crippen LogP contribution in [0.1, 0.15) is 42.0 Å². The number of hydrogen-bond donors (Lipinski definition) is 0. The molecule has 0 unspecified atom stereocenters. The Hall–Kier alpha value is -2.86. The highest BCUT2D eigenvalue weighted by Gasteiger charge is 2.14. The average molecular weight is 407 g/mol. The van der Waals surface area contributed by atoms with Crippen LogP contribution in [0.15, 0.2) is 61.3 Å². The summed E-state index contributed by atoms with van der Waals surface area (Å²) < 4.78 is 11.2. The van der Waals surface area contributed by atoms with Gasteiger partial charge in [-0.3, -0.25) is 0 Å². The van der Waals surface area contributed by atoms with Crippen molar-refractivity contribution < 1.29 is 8.83 Å². The van der Waals surface area contributed by atoms with Gasteiger partial charge in [0.1, 0.15) is 5.58 Å². The largest absolute Gasteiger partial charge is 0.423 e. The smallest absolute Gasteiger partial charge is 0.336 e. The van der Waals surface area contributed by atoms with Crippen molar-refractivity contribution in [3.63, 3.8) is 0 Å². The summed E-state index contributed by atoms with van der Waals surface area (Å²) in [7, 11) is 0. The molecule has 0 fully saturated rings. The summed E-state index contributed by atoms with van der Waals surface area (Å²) in [5.41, 5.74) is 5.56. The van der Waals surface area contributed by atoms with Crippen molar-refractivity contribution in [3.05, 3.63) is 75.1 Å². The fourth-order valence-corrected chi connectivity index (χ4v) is 4.19. The van der Waals surface area contributed by atoms with Gasteiger partial charge in [0.25, 0.3) is 5.22 Å². The maximum Gasteiger partial charge on any atom is 0.336 e. The molecule has 148 valence electrons. The van der Waals surface area contributed by atoms with Crippen LogP contribution < -0.4 is 5.63 Å². The van der Waals surface area contributed by atoms with Crippen molar-refractivity contribution in [1.29, 1.82) is 0 Å². The topological polar surface area (TPSA) is 69.1 Å². The summed E-state index contributed by atoms with van der Waals surface area (Å²) in [6, 6.07) is 13.6. The van der Waals surface area contributed by atoms with Crippen LogP contribution in [0.2, 0.25) is 0 Å². The Morgan fingerprint density at radius 1 is 1.03 bits per heavy atom. The van der Waals surface area contributed by atoms with Crippen LogP contribution in [-0.4, -0.2) is 10.2 Å². The van der Waals surface area contributed by atoms with E-state index in [0.29, 0.717) is 28.4 Å². The van der Waals surface area contributed by atoms with Gasteiger partial charge in [0.2, 0.25) is 5.89 Å². The Morgan fingerprint density at radius 2 is 1.86 bits per heavy atom. The van der Waals surface area contributed by atoms with Crippen LogP contribution >= 0.6 is 11.8 Å². The third kappa shape index (κ3) is 4.12. The van der Waals surface area contributed by atoms with Gasteiger partial charge in [-0.15, -0.1) is 10.2 Å². The molecular formula is C23H22N2O3S. The van der Waals surface area contributed by atoms with Crippen molar-refractivity contribution in [3.8, 4) is 11.5 Å². The molecule has 0 amide bonds. The van der Waals surface area contributed by atoms with Crippen LogP contribution in [0.3, 0.4) is 0 Å². The molecule has 4 aromatic rings. The second-order valence-electron chi connectivity index (χ2n) is 7.48. The minimum absolute atomic E-state index is 0.351. The van der Waals surface area contributed by atoms with E-state index in [2.05, 4.69) is 30.1 Å². The van der Waals surface area contributed by atoms with Crippen LogP contribution in [0.4, 0.5) is 0 Å². The van der Waals surface area contributed by atoms with Gasteiger partial charge in [0.15, 0.2) is 0 Å². The van der Waals surface area contributed by atoms with Crippen LogP contribution in [0.25, 0.3) is 22.4 Å². The SMILES string of the molecule is Cc1cccc(-c2nnc(SCc3cc(=O)oc4cc(C)c(C(C)C)cc34)o2)c1. The van der Waals surface area contributed by atoms with E-state index in [1.165, 1.54) is 17.3 Å². The van der Waals surface area contributed by atoms with Crippen LogP contribution in [0, 0.1) is 13.8 Å². The molecule has 0 spiro atoms. The molecule has 0 atom stereocenters. The first-order valence-electron chi connectivity index (χ1n) is 9.51. The van der Waals surface area contributed by atoms with E-state index in [1.807, 2.05) is 44.2 Å². The number of benzene rings is 2. The summed E-state index contributed by atoms with van der Waals surface area (Å²) >= 11 is 1.41. The predicted molar refractivity (Wildman–Crippen MR) is 115 cm³/mol. The number of aryl methyl sites for hydroxylation is 2. The molecule has 6 heteroatoms. The molecule has 0 bridgehead atoms. The zero-order chi connectivity index (χ0) is 20.5. The lowest BCUT2D eigenvalue weighted by atomic mass is 9.95. The van der Waals surface area contributed by atoms with Gasteiger partial charge >= 0.3 is 5.63 Å². The zero-order valence-corrected chi connectivity index (χ0v) is 17.7. The number of fused-ring (bicyclic) bond motifs is 1. The second kappa shape index (κ2) is 7.87. The first kappa shape index (κ1) is 19.5. The molecule has 4 rings (SSSR count). The van der Waals surface area contributed by atoms with Gasteiger partial charge in [-0.25, -0.2) is 4.79 Å². The summed E-state index contributed by atoms with van der Waals surface area (Å²) in [5, 5.41) is 9.72. The quantitative estimate of drug-likeness (QED) is 0.305. The minimum Gasteiger partial charge on any atom is -0.423 e. The van der Waals surface area contributed by atoms with E-state index in [-0.39, 0.29) is 5.63 Å². The maximum absolute atomic E-state index is 12.0. The van der Waals surface area contributed by atoms with E-state index in [4.69, 9.17) is 8.83 Å². The van der Waals surface area contributed by atoms with Crippen molar-refractivity contribution >= 4 is 22.7 Å². The zero-order valence-electron chi connectivity index (χ0n) is 16.9. The molecule has 2 aromatic heterocycles. The standard InChI is InChI=1S/C23H22N2O3S/c1-13(2)18-11-19-17(10-21(26)27-20(19)9-15(18)4)12-29-23-25-24-22(28-23)16-7-5-6-14(3)8-16/h5-11,13H,12H2,1-4H3. The number of nitrogens with zero attached hydrogens (tertiary/aromatic N) is 2. The summed E-state index contributed by atoms with van der Waals surface area (Å²) in [5.74, 6) is 1.42. The van der Waals surface area contributed by atoms with Gasteiger partial charge in [0.05, 0.1) is 0 Å². The normalized spacial score (nSPS) is 11.5. The third-order valence-electron chi connectivity index (χ3n) is 4.86. The Morgan fingerprint density at radius 3 is 2.62 bits per heavy atom. The van der Waals surface area contributed by atoms with Gasteiger partial charge in [0, 0.05) is 22.8 Å². The Balaban J connectivity index is 1.63. The molecule has 29 heavy (non-hydrogen) atoms. The fraction of sp³-hybridized carbons (Fsp3) is 0.261. The number of hydrogen-bond acceptors (Lipinski definition) is 6. The number of aromatic nitrogens is 2. The van der Waals surface area contributed by atoms with Gasteiger partial charge in [-0.2, -0.15) is 0 Å². The van der Waals surface area contributed by atoms with E-state index in [0.717, 1.165) is 27.6 Å². The van der Waals surface area contributed by atoms with E-state index < -0.39 is 0 Å². The van der Waals surface area contributed by atoms with E-state index >= 15 is 0 Å². The molecule has 0 aliphatic carbocycles. The van der Waals surface area contributed by atoms with Crippen molar-refractivity contribution in [2.24, 2.45) is 0 Å². The van der Waals surface area contributed by atoms with Gasteiger partial charge in [-0.1, -0.05) is 43.3 Å². The molecule has 0 saturated heterocycles.